The summed E-state index contributed by atoms with van der Waals surface area (Å²) in [7, 11) is 0. The Morgan fingerprint density at radius 1 is 1.25 bits per heavy atom. The largest absolute Gasteiger partial charge is 0.352 e. The zero-order chi connectivity index (χ0) is 11.7. The van der Waals surface area contributed by atoms with E-state index in [-0.39, 0.29) is 6.29 Å². The number of rotatable bonds is 1. The molecule has 0 aromatic carbocycles. The number of ether oxygens (including phenoxy) is 2. The standard InChI is InChI=1S/C14H24O2/c1-9-7-10(2)13(11(3)8-9)14-15-6-5-12(4)16-14/h7,10-14H,5-6,8H2,1-4H3. The Balaban J connectivity index is 2.07. The summed E-state index contributed by atoms with van der Waals surface area (Å²) in [5, 5.41) is 0. The van der Waals surface area contributed by atoms with E-state index in [4.69, 9.17) is 9.47 Å². The van der Waals surface area contributed by atoms with E-state index < -0.39 is 0 Å². The van der Waals surface area contributed by atoms with Crippen LogP contribution in [0.3, 0.4) is 0 Å². The molecule has 0 N–H and O–H groups in total. The lowest BCUT2D eigenvalue weighted by atomic mass is 9.74. The summed E-state index contributed by atoms with van der Waals surface area (Å²) in [6.45, 7) is 9.84. The molecule has 1 saturated heterocycles. The molecule has 92 valence electrons. The monoisotopic (exact) mass is 224 g/mol. The zero-order valence-corrected chi connectivity index (χ0v) is 10.9. The summed E-state index contributed by atoms with van der Waals surface area (Å²) in [6.07, 6.45) is 4.97. The van der Waals surface area contributed by atoms with Crippen LogP contribution in [0.2, 0.25) is 0 Å². The van der Waals surface area contributed by atoms with Gasteiger partial charge in [-0.25, -0.2) is 0 Å². The minimum atomic E-state index is 0.0121. The minimum absolute atomic E-state index is 0.0121. The maximum absolute atomic E-state index is 5.95. The Bertz CT molecular complexity index is 272. The maximum Gasteiger partial charge on any atom is 0.161 e. The lowest BCUT2D eigenvalue weighted by molar-refractivity contribution is -0.243. The molecule has 0 spiro atoms. The van der Waals surface area contributed by atoms with Crippen molar-refractivity contribution in [1.29, 1.82) is 0 Å². The highest BCUT2D eigenvalue weighted by atomic mass is 16.7. The van der Waals surface area contributed by atoms with Gasteiger partial charge in [-0.1, -0.05) is 25.5 Å². The van der Waals surface area contributed by atoms with Crippen LogP contribution in [0.5, 0.6) is 0 Å². The second-order valence-corrected chi connectivity index (χ2v) is 5.61. The first-order valence-corrected chi connectivity index (χ1v) is 6.52. The molecule has 1 aliphatic heterocycles. The van der Waals surface area contributed by atoms with Crippen LogP contribution < -0.4 is 0 Å². The molecule has 16 heavy (non-hydrogen) atoms. The van der Waals surface area contributed by atoms with E-state index in [2.05, 4.69) is 33.8 Å². The summed E-state index contributed by atoms with van der Waals surface area (Å²) in [5.74, 6) is 1.75. The molecule has 2 rings (SSSR count). The van der Waals surface area contributed by atoms with Crippen LogP contribution in [0, 0.1) is 17.8 Å². The van der Waals surface area contributed by atoms with Gasteiger partial charge < -0.3 is 9.47 Å². The van der Waals surface area contributed by atoms with E-state index in [1.807, 2.05) is 0 Å². The predicted molar refractivity (Wildman–Crippen MR) is 65.1 cm³/mol. The predicted octanol–water partition coefficient (Wildman–Crippen LogP) is 3.38. The van der Waals surface area contributed by atoms with Gasteiger partial charge in [-0.05, 0) is 38.5 Å². The van der Waals surface area contributed by atoms with Gasteiger partial charge in [-0.2, -0.15) is 0 Å². The van der Waals surface area contributed by atoms with Crippen LogP contribution in [0.25, 0.3) is 0 Å². The average molecular weight is 224 g/mol. The van der Waals surface area contributed by atoms with Gasteiger partial charge in [0.1, 0.15) is 0 Å². The third-order valence-electron chi connectivity index (χ3n) is 3.94. The third-order valence-corrected chi connectivity index (χ3v) is 3.94. The highest BCUT2D eigenvalue weighted by Gasteiger charge is 2.37. The van der Waals surface area contributed by atoms with E-state index in [9.17, 15) is 0 Å². The average Bonchev–Trinajstić information content (AvgIpc) is 2.15. The van der Waals surface area contributed by atoms with Crippen molar-refractivity contribution in [2.24, 2.45) is 17.8 Å². The summed E-state index contributed by atoms with van der Waals surface area (Å²) in [5.41, 5.74) is 1.51. The first-order chi connectivity index (χ1) is 7.58. The fourth-order valence-corrected chi connectivity index (χ4v) is 3.19. The molecule has 2 heteroatoms. The second kappa shape index (κ2) is 4.89. The van der Waals surface area contributed by atoms with Gasteiger partial charge in [0.25, 0.3) is 0 Å². The number of hydrogen-bond donors (Lipinski definition) is 0. The van der Waals surface area contributed by atoms with E-state index in [1.54, 1.807) is 0 Å². The number of hydrogen-bond acceptors (Lipinski definition) is 2. The summed E-state index contributed by atoms with van der Waals surface area (Å²) < 4.78 is 11.8. The third kappa shape index (κ3) is 2.49. The smallest absolute Gasteiger partial charge is 0.161 e. The lowest BCUT2D eigenvalue weighted by Crippen LogP contribution is -2.42. The molecule has 0 amide bonds. The van der Waals surface area contributed by atoms with Crippen LogP contribution in [0.4, 0.5) is 0 Å². The molecule has 0 aromatic heterocycles. The SMILES string of the molecule is CC1=CC(C)C(C2OCCC(C)O2)C(C)C1. The lowest BCUT2D eigenvalue weighted by Gasteiger charge is -2.41. The van der Waals surface area contributed by atoms with E-state index in [0.717, 1.165) is 13.0 Å². The van der Waals surface area contributed by atoms with E-state index in [0.29, 0.717) is 23.9 Å². The Morgan fingerprint density at radius 2 is 2.00 bits per heavy atom. The Kier molecular flexibility index (Phi) is 3.70. The first-order valence-electron chi connectivity index (χ1n) is 6.52. The van der Waals surface area contributed by atoms with Gasteiger partial charge in [0.2, 0.25) is 0 Å². The van der Waals surface area contributed by atoms with Crippen LogP contribution in [0.1, 0.15) is 40.5 Å². The Labute approximate surface area is 99.0 Å². The topological polar surface area (TPSA) is 18.5 Å². The Morgan fingerprint density at radius 3 is 2.62 bits per heavy atom. The molecule has 1 fully saturated rings. The highest BCUT2D eigenvalue weighted by molar-refractivity contribution is 5.08. The normalized spacial score (nSPS) is 45.2. The van der Waals surface area contributed by atoms with Gasteiger partial charge in [0.15, 0.2) is 6.29 Å². The van der Waals surface area contributed by atoms with Gasteiger partial charge in [-0.3, -0.25) is 0 Å². The molecular formula is C14H24O2. The van der Waals surface area contributed by atoms with E-state index >= 15 is 0 Å². The Hall–Kier alpha value is -0.340. The van der Waals surface area contributed by atoms with Crippen molar-refractivity contribution in [2.45, 2.75) is 52.9 Å². The van der Waals surface area contributed by atoms with Crippen molar-refractivity contribution in [3.8, 4) is 0 Å². The van der Waals surface area contributed by atoms with Gasteiger partial charge in [-0.15, -0.1) is 0 Å². The molecular weight excluding hydrogens is 200 g/mol. The van der Waals surface area contributed by atoms with E-state index in [1.165, 1.54) is 12.0 Å². The van der Waals surface area contributed by atoms with Gasteiger partial charge in [0, 0.05) is 5.92 Å². The summed E-state index contributed by atoms with van der Waals surface area (Å²) in [4.78, 5) is 0. The van der Waals surface area contributed by atoms with Gasteiger partial charge in [0.05, 0.1) is 12.7 Å². The molecule has 0 bridgehead atoms. The molecule has 2 aliphatic rings. The second-order valence-electron chi connectivity index (χ2n) is 5.61. The highest BCUT2D eigenvalue weighted by Crippen LogP contribution is 2.38. The molecule has 0 aromatic rings. The molecule has 5 atom stereocenters. The van der Waals surface area contributed by atoms with Gasteiger partial charge >= 0.3 is 0 Å². The van der Waals surface area contributed by atoms with Crippen LogP contribution >= 0.6 is 0 Å². The van der Waals surface area contributed by atoms with Crippen molar-refractivity contribution in [1.82, 2.24) is 0 Å². The molecule has 1 aliphatic carbocycles. The minimum Gasteiger partial charge on any atom is -0.352 e. The fraction of sp³-hybridized carbons (Fsp3) is 0.857. The zero-order valence-electron chi connectivity index (χ0n) is 10.9. The fourth-order valence-electron chi connectivity index (χ4n) is 3.19. The molecule has 0 saturated carbocycles. The quantitative estimate of drug-likeness (QED) is 0.636. The first kappa shape index (κ1) is 12.1. The van der Waals surface area contributed by atoms with Crippen molar-refractivity contribution in [3.63, 3.8) is 0 Å². The van der Waals surface area contributed by atoms with Crippen molar-refractivity contribution in [2.75, 3.05) is 6.61 Å². The van der Waals surface area contributed by atoms with Crippen molar-refractivity contribution < 1.29 is 9.47 Å². The molecule has 5 unspecified atom stereocenters. The summed E-state index contributed by atoms with van der Waals surface area (Å²) in [6, 6.07) is 0. The van der Waals surface area contributed by atoms with Crippen molar-refractivity contribution >= 4 is 0 Å². The molecule has 2 nitrogen and oxygen atoms in total. The summed E-state index contributed by atoms with van der Waals surface area (Å²) >= 11 is 0. The maximum atomic E-state index is 5.95. The van der Waals surface area contributed by atoms with Crippen LogP contribution in [-0.2, 0) is 9.47 Å². The van der Waals surface area contributed by atoms with Crippen LogP contribution in [0.15, 0.2) is 11.6 Å². The molecule has 0 radical (unpaired) electrons. The molecule has 1 heterocycles. The number of allylic oxidation sites excluding steroid dienone is 2. The van der Waals surface area contributed by atoms with Crippen molar-refractivity contribution in [3.05, 3.63) is 11.6 Å². The van der Waals surface area contributed by atoms with Crippen LogP contribution in [-0.4, -0.2) is 19.0 Å².